The smallest absolute Gasteiger partial charge is 0.337 e. The number of benzene rings is 3. The molecule has 3 aromatic carbocycles. The van der Waals surface area contributed by atoms with Crippen LogP contribution in [-0.4, -0.2) is 25.8 Å². The van der Waals surface area contributed by atoms with Gasteiger partial charge in [-0.2, -0.15) is 0 Å². The molecule has 2 aromatic heterocycles. The van der Waals surface area contributed by atoms with Crippen LogP contribution in [0, 0.1) is 5.82 Å². The molecule has 0 aliphatic rings. The molecule has 0 bridgehead atoms. The van der Waals surface area contributed by atoms with E-state index in [4.69, 9.17) is 4.74 Å². The Kier molecular flexibility index (Phi) is 6.48. The number of nitrogens with zero attached hydrogens (tertiary/aromatic N) is 4. The number of ether oxygens (including phenoxy) is 1. The van der Waals surface area contributed by atoms with Crippen molar-refractivity contribution in [2.75, 3.05) is 7.11 Å². The summed E-state index contributed by atoms with van der Waals surface area (Å²) in [6, 6.07) is 21.0. The molecule has 0 amide bonds. The van der Waals surface area contributed by atoms with Crippen LogP contribution in [0.4, 0.5) is 4.39 Å². The first-order valence-corrected chi connectivity index (χ1v) is 12.0. The minimum absolute atomic E-state index is 0.00218. The lowest BCUT2D eigenvalue weighted by atomic mass is 10.0. The first kappa shape index (κ1) is 24.2. The molecule has 0 aliphatic heterocycles. The highest BCUT2D eigenvalue weighted by molar-refractivity contribution is 5.72. The summed E-state index contributed by atoms with van der Waals surface area (Å²) in [6.07, 6.45) is 1.57. The largest absolute Gasteiger partial charge is 0.496 e. The Balaban J connectivity index is 1.73. The average Bonchev–Trinajstić information content (AvgIpc) is 3.31. The summed E-state index contributed by atoms with van der Waals surface area (Å²) in [7, 11) is 1.60. The van der Waals surface area contributed by atoms with Crippen molar-refractivity contribution >= 4 is 11.2 Å². The quantitative estimate of drug-likeness (QED) is 0.326. The topological polar surface area (TPSA) is 71.1 Å². The van der Waals surface area contributed by atoms with Crippen LogP contribution in [0.3, 0.4) is 0 Å². The van der Waals surface area contributed by atoms with E-state index < -0.39 is 11.2 Å². The zero-order valence-corrected chi connectivity index (χ0v) is 20.9. The molecule has 0 spiro atoms. The van der Waals surface area contributed by atoms with Crippen molar-refractivity contribution in [2.45, 2.75) is 32.9 Å². The summed E-state index contributed by atoms with van der Waals surface area (Å²) >= 11 is 0. The van der Waals surface area contributed by atoms with Gasteiger partial charge in [0.15, 0.2) is 11.2 Å². The highest BCUT2D eigenvalue weighted by Gasteiger charge is 2.20. The van der Waals surface area contributed by atoms with Gasteiger partial charge >= 0.3 is 5.69 Å². The number of fused-ring (bicyclic) bond motifs is 1. The number of imidazole rings is 1. The van der Waals surface area contributed by atoms with E-state index in [9.17, 15) is 14.0 Å². The van der Waals surface area contributed by atoms with Crippen molar-refractivity contribution < 1.29 is 9.13 Å². The van der Waals surface area contributed by atoms with Crippen molar-refractivity contribution in [1.29, 1.82) is 0 Å². The average molecular weight is 499 g/mol. The number of hydrogen-bond acceptors (Lipinski definition) is 4. The van der Waals surface area contributed by atoms with Gasteiger partial charge in [-0.1, -0.05) is 56.3 Å². The molecule has 0 N–H and O–H groups in total. The highest BCUT2D eigenvalue weighted by Crippen LogP contribution is 2.22. The molecule has 0 unspecified atom stereocenters. The normalized spacial score (nSPS) is 11.4. The molecule has 0 radical (unpaired) electrons. The second-order valence-corrected chi connectivity index (χ2v) is 9.24. The van der Waals surface area contributed by atoms with Crippen molar-refractivity contribution in [2.24, 2.45) is 0 Å². The van der Waals surface area contributed by atoms with Crippen LogP contribution in [0.1, 0.15) is 36.5 Å². The van der Waals surface area contributed by atoms with Crippen molar-refractivity contribution in [1.82, 2.24) is 18.7 Å². The van der Waals surface area contributed by atoms with E-state index in [-0.39, 0.29) is 18.0 Å². The molecule has 0 saturated carbocycles. The summed E-state index contributed by atoms with van der Waals surface area (Å²) in [4.78, 5) is 32.0. The zero-order valence-electron chi connectivity index (χ0n) is 20.9. The maximum absolute atomic E-state index is 13.8. The Morgan fingerprint density at radius 2 is 1.62 bits per heavy atom. The predicted molar refractivity (Wildman–Crippen MR) is 141 cm³/mol. The van der Waals surface area contributed by atoms with Gasteiger partial charge in [-0.05, 0) is 47.4 Å². The number of halogens is 1. The fraction of sp³-hybridized carbons (Fsp3) is 0.207. The molecule has 0 aliphatic carbocycles. The molecule has 7 nitrogen and oxygen atoms in total. The van der Waals surface area contributed by atoms with E-state index in [1.807, 2.05) is 48.5 Å². The number of rotatable bonds is 7. The molecule has 5 rings (SSSR count). The first-order valence-electron chi connectivity index (χ1n) is 12.0. The Hall–Kier alpha value is -4.46. The molecule has 0 saturated heterocycles. The Labute approximate surface area is 213 Å². The number of para-hydroxylation sites is 1. The summed E-state index contributed by atoms with van der Waals surface area (Å²) in [5, 5.41) is 0. The number of aromatic nitrogens is 4. The fourth-order valence-corrected chi connectivity index (χ4v) is 4.47. The van der Waals surface area contributed by atoms with E-state index >= 15 is 0 Å². The van der Waals surface area contributed by atoms with Crippen LogP contribution in [0.2, 0.25) is 0 Å². The maximum Gasteiger partial charge on any atom is 0.337 e. The number of hydrogen-bond donors (Lipinski definition) is 0. The minimum Gasteiger partial charge on any atom is -0.496 e. The lowest BCUT2D eigenvalue weighted by molar-refractivity contribution is 0.408. The summed E-state index contributed by atoms with van der Waals surface area (Å²) in [5.41, 5.74) is 2.83. The second-order valence-electron chi connectivity index (χ2n) is 9.24. The lowest BCUT2D eigenvalue weighted by Crippen LogP contribution is -2.40. The third-order valence-corrected chi connectivity index (χ3v) is 6.51. The lowest BCUT2D eigenvalue weighted by Gasteiger charge is -2.14. The standard InChI is InChI=1S/C29H27FN4O3/c1-19(2)21-10-14-24(15-11-21)34-27-26(32(18-31-27)17-22-6-4-5-7-25(22)37-3)28(35)33(29(34)36)16-20-8-12-23(30)13-9-20/h4-15,18-19H,16-17H2,1-3H3. The van der Waals surface area contributed by atoms with E-state index in [1.54, 1.807) is 30.1 Å². The Bertz CT molecular complexity index is 1680. The predicted octanol–water partition coefficient (Wildman–Crippen LogP) is 4.72. The summed E-state index contributed by atoms with van der Waals surface area (Å²) < 4.78 is 23.3. The van der Waals surface area contributed by atoms with Gasteiger partial charge in [0, 0.05) is 5.56 Å². The van der Waals surface area contributed by atoms with E-state index in [0.717, 1.165) is 11.1 Å². The zero-order chi connectivity index (χ0) is 26.1. The van der Waals surface area contributed by atoms with Crippen LogP contribution in [0.5, 0.6) is 5.75 Å². The number of methoxy groups -OCH3 is 1. The molecule has 0 atom stereocenters. The van der Waals surface area contributed by atoms with E-state index in [0.29, 0.717) is 35.0 Å². The monoisotopic (exact) mass is 498 g/mol. The van der Waals surface area contributed by atoms with Gasteiger partial charge < -0.3 is 9.30 Å². The van der Waals surface area contributed by atoms with Gasteiger partial charge in [0.2, 0.25) is 0 Å². The third kappa shape index (κ3) is 4.58. The molecule has 188 valence electrons. The minimum atomic E-state index is -0.512. The molecule has 8 heteroatoms. The first-order chi connectivity index (χ1) is 17.9. The summed E-state index contributed by atoms with van der Waals surface area (Å²) in [5.74, 6) is 0.635. The molecule has 0 fully saturated rings. The van der Waals surface area contributed by atoms with Crippen molar-refractivity contribution in [3.05, 3.63) is 122 Å². The van der Waals surface area contributed by atoms with Gasteiger partial charge in [-0.25, -0.2) is 18.7 Å². The van der Waals surface area contributed by atoms with E-state index in [2.05, 4.69) is 18.8 Å². The van der Waals surface area contributed by atoms with Crippen LogP contribution in [0.25, 0.3) is 16.9 Å². The van der Waals surface area contributed by atoms with Crippen LogP contribution < -0.4 is 16.0 Å². The van der Waals surface area contributed by atoms with E-state index in [1.165, 1.54) is 21.3 Å². The van der Waals surface area contributed by atoms with Gasteiger partial charge in [-0.3, -0.25) is 9.36 Å². The Morgan fingerprint density at radius 1 is 0.919 bits per heavy atom. The van der Waals surface area contributed by atoms with Crippen LogP contribution in [0.15, 0.2) is 88.7 Å². The van der Waals surface area contributed by atoms with Crippen LogP contribution >= 0.6 is 0 Å². The fourth-order valence-electron chi connectivity index (χ4n) is 4.47. The van der Waals surface area contributed by atoms with Crippen molar-refractivity contribution in [3.63, 3.8) is 0 Å². The van der Waals surface area contributed by atoms with Gasteiger partial charge in [0.1, 0.15) is 11.6 Å². The Morgan fingerprint density at radius 3 is 2.30 bits per heavy atom. The second kappa shape index (κ2) is 9.89. The maximum atomic E-state index is 13.8. The molecular weight excluding hydrogens is 471 g/mol. The van der Waals surface area contributed by atoms with Gasteiger partial charge in [0.05, 0.1) is 32.2 Å². The van der Waals surface area contributed by atoms with Crippen molar-refractivity contribution in [3.8, 4) is 11.4 Å². The summed E-state index contributed by atoms with van der Waals surface area (Å²) in [6.45, 7) is 4.53. The van der Waals surface area contributed by atoms with Gasteiger partial charge in [-0.15, -0.1) is 0 Å². The van der Waals surface area contributed by atoms with Crippen LogP contribution in [-0.2, 0) is 13.1 Å². The SMILES string of the molecule is COc1ccccc1Cn1cnc2c1c(=O)n(Cc1ccc(F)cc1)c(=O)n2-c1ccc(C(C)C)cc1. The highest BCUT2D eigenvalue weighted by atomic mass is 19.1. The van der Waals surface area contributed by atoms with Gasteiger partial charge in [0.25, 0.3) is 5.56 Å². The molecule has 37 heavy (non-hydrogen) atoms. The molecular formula is C29H27FN4O3. The third-order valence-electron chi connectivity index (χ3n) is 6.51. The molecule has 2 heterocycles. The molecule has 5 aromatic rings.